The number of fused-ring (bicyclic) bond motifs is 1. The maximum absolute atomic E-state index is 11.8. The lowest BCUT2D eigenvalue weighted by Crippen LogP contribution is -2.21. The van der Waals surface area contributed by atoms with E-state index in [0.29, 0.717) is 18.1 Å². The fourth-order valence-electron chi connectivity index (χ4n) is 2.74. The Balaban J connectivity index is 1.85. The van der Waals surface area contributed by atoms with Crippen LogP contribution >= 0.6 is 0 Å². The smallest absolute Gasteiger partial charge is 0.254 e. The zero-order chi connectivity index (χ0) is 20.1. The zero-order valence-corrected chi connectivity index (χ0v) is 15.8. The molecule has 0 radical (unpaired) electrons. The number of nitrogens with zero attached hydrogens (tertiary/aromatic N) is 3. The van der Waals surface area contributed by atoms with E-state index in [1.807, 2.05) is 49.0 Å². The Morgan fingerprint density at radius 1 is 1.36 bits per heavy atom. The third-order valence-electron chi connectivity index (χ3n) is 4.18. The number of rotatable bonds is 9. The molecule has 9 nitrogen and oxygen atoms in total. The number of amides is 1. The first kappa shape index (κ1) is 19.3. The highest BCUT2D eigenvalue weighted by atomic mass is 16.5. The largest absolute Gasteiger partial charge is 0.376 e. The van der Waals surface area contributed by atoms with Crippen LogP contribution in [0.4, 0.5) is 17.5 Å². The van der Waals surface area contributed by atoms with E-state index in [1.165, 1.54) is 6.20 Å². The van der Waals surface area contributed by atoms with E-state index in [4.69, 9.17) is 15.9 Å². The van der Waals surface area contributed by atoms with Crippen molar-refractivity contribution < 1.29 is 9.53 Å². The van der Waals surface area contributed by atoms with Gasteiger partial charge in [0.2, 0.25) is 5.95 Å². The molecule has 1 aromatic carbocycles. The Morgan fingerprint density at radius 3 is 2.93 bits per heavy atom. The van der Waals surface area contributed by atoms with Crippen molar-refractivity contribution in [2.24, 2.45) is 12.8 Å². The van der Waals surface area contributed by atoms with Crippen molar-refractivity contribution in [3.05, 3.63) is 42.2 Å². The van der Waals surface area contributed by atoms with Gasteiger partial charge in [0.25, 0.3) is 5.91 Å². The number of nitrogens with two attached hydrogens (primary N) is 1. The fraction of sp³-hybridized carbons (Fsp3) is 0.263. The first-order chi connectivity index (χ1) is 13.5. The summed E-state index contributed by atoms with van der Waals surface area (Å²) in [6, 6.07) is 7.81. The number of aromatic nitrogens is 3. The monoisotopic (exact) mass is 381 g/mol. The van der Waals surface area contributed by atoms with Gasteiger partial charge in [0.05, 0.1) is 18.9 Å². The van der Waals surface area contributed by atoms with Crippen molar-refractivity contribution in [1.82, 2.24) is 14.5 Å². The second-order valence-corrected chi connectivity index (χ2v) is 6.20. The molecule has 0 saturated heterocycles. The molecule has 0 atom stereocenters. The Hall–Kier alpha value is -3.46. The number of carbonyl (C=O) groups is 1. The summed E-state index contributed by atoms with van der Waals surface area (Å²) in [7, 11) is 1.96. The average Bonchev–Trinajstić information content (AvgIpc) is 3.07. The molecule has 146 valence electrons. The van der Waals surface area contributed by atoms with Gasteiger partial charge in [-0.05, 0) is 25.1 Å². The molecule has 1 amide bonds. The number of hydrogen-bond donors (Lipinski definition) is 4. The van der Waals surface area contributed by atoms with Crippen LogP contribution in [-0.2, 0) is 11.8 Å². The topological polar surface area (TPSA) is 131 Å². The lowest BCUT2D eigenvalue weighted by Gasteiger charge is -2.13. The summed E-state index contributed by atoms with van der Waals surface area (Å²) in [5, 5.41) is 15.0. The van der Waals surface area contributed by atoms with E-state index in [2.05, 4.69) is 20.6 Å². The fourth-order valence-corrected chi connectivity index (χ4v) is 2.74. The number of benzene rings is 1. The molecular weight excluding hydrogens is 358 g/mol. The lowest BCUT2D eigenvalue weighted by atomic mass is 10.2. The van der Waals surface area contributed by atoms with Crippen LogP contribution in [0, 0.1) is 5.41 Å². The maximum Gasteiger partial charge on any atom is 0.254 e. The summed E-state index contributed by atoms with van der Waals surface area (Å²) >= 11 is 0. The molecule has 0 fully saturated rings. The third kappa shape index (κ3) is 4.26. The normalized spacial score (nSPS) is 10.8. The second kappa shape index (κ2) is 8.49. The van der Waals surface area contributed by atoms with Crippen LogP contribution in [-0.4, -0.2) is 45.9 Å². The summed E-state index contributed by atoms with van der Waals surface area (Å²) in [5.41, 5.74) is 7.87. The minimum atomic E-state index is -0.627. The maximum atomic E-state index is 11.8. The standard InChI is InChI=1S/C19H23N7O2/c1-3-28-11-12(20)9-22-19-23-10-14(17(21)27)18(25-19)24-15-5-4-6-16-13(15)7-8-26(16)2/h4-8,10,20H,3,9,11H2,1-2H3,(H2,21,27)(H2,22,23,24,25). The van der Waals surface area contributed by atoms with E-state index in [9.17, 15) is 4.79 Å². The molecule has 2 heterocycles. The molecule has 3 rings (SSSR count). The number of anilines is 3. The van der Waals surface area contributed by atoms with Gasteiger partial charge < -0.3 is 31.1 Å². The first-order valence-corrected chi connectivity index (χ1v) is 8.85. The van der Waals surface area contributed by atoms with Crippen LogP contribution in [0.2, 0.25) is 0 Å². The molecule has 0 spiro atoms. The summed E-state index contributed by atoms with van der Waals surface area (Å²) in [4.78, 5) is 20.3. The molecular formula is C19H23N7O2. The number of ether oxygens (including phenoxy) is 1. The van der Waals surface area contributed by atoms with E-state index in [1.54, 1.807) is 0 Å². The van der Waals surface area contributed by atoms with Crippen LogP contribution in [0.3, 0.4) is 0 Å². The summed E-state index contributed by atoms with van der Waals surface area (Å²) in [6.45, 7) is 2.90. The van der Waals surface area contributed by atoms with E-state index in [-0.39, 0.29) is 24.7 Å². The van der Waals surface area contributed by atoms with Crippen molar-refractivity contribution in [1.29, 1.82) is 5.41 Å². The predicted molar refractivity (Wildman–Crippen MR) is 109 cm³/mol. The molecule has 0 bridgehead atoms. The average molecular weight is 381 g/mol. The summed E-state index contributed by atoms with van der Waals surface area (Å²) in [6.07, 6.45) is 3.33. The molecule has 0 aliphatic rings. The van der Waals surface area contributed by atoms with Gasteiger partial charge in [0.15, 0.2) is 0 Å². The molecule has 0 aliphatic carbocycles. The van der Waals surface area contributed by atoms with Crippen LogP contribution < -0.4 is 16.4 Å². The van der Waals surface area contributed by atoms with Crippen LogP contribution in [0.25, 0.3) is 10.9 Å². The summed E-state index contributed by atoms with van der Waals surface area (Å²) in [5.74, 6) is -0.0370. The SMILES string of the molecule is CCOCC(=N)CNc1ncc(C(N)=O)c(Nc2cccc3c2ccn3C)n1. The molecule has 9 heteroatoms. The molecule has 28 heavy (non-hydrogen) atoms. The van der Waals surface area contributed by atoms with Crippen molar-refractivity contribution in [2.75, 3.05) is 30.4 Å². The van der Waals surface area contributed by atoms with Crippen molar-refractivity contribution in [2.45, 2.75) is 6.92 Å². The third-order valence-corrected chi connectivity index (χ3v) is 4.18. The minimum absolute atomic E-state index is 0.183. The predicted octanol–water partition coefficient (Wildman–Crippen LogP) is 2.28. The van der Waals surface area contributed by atoms with Crippen molar-refractivity contribution in [3.8, 4) is 0 Å². The molecule has 0 unspecified atom stereocenters. The van der Waals surface area contributed by atoms with Crippen molar-refractivity contribution >= 4 is 40.0 Å². The number of hydrogen-bond acceptors (Lipinski definition) is 7. The van der Waals surface area contributed by atoms with E-state index < -0.39 is 5.91 Å². The second-order valence-electron chi connectivity index (χ2n) is 6.20. The lowest BCUT2D eigenvalue weighted by molar-refractivity contribution is 0.100. The highest BCUT2D eigenvalue weighted by Gasteiger charge is 2.14. The minimum Gasteiger partial charge on any atom is -0.376 e. The van der Waals surface area contributed by atoms with Gasteiger partial charge in [-0.3, -0.25) is 4.79 Å². The van der Waals surface area contributed by atoms with Crippen LogP contribution in [0.1, 0.15) is 17.3 Å². The van der Waals surface area contributed by atoms with Crippen molar-refractivity contribution in [3.63, 3.8) is 0 Å². The molecule has 0 saturated carbocycles. The van der Waals surface area contributed by atoms with Gasteiger partial charge in [0, 0.05) is 42.6 Å². The van der Waals surface area contributed by atoms with Gasteiger partial charge in [-0.1, -0.05) is 6.07 Å². The highest BCUT2D eigenvalue weighted by Crippen LogP contribution is 2.27. The molecule has 2 aromatic heterocycles. The number of carbonyl (C=O) groups excluding carboxylic acids is 1. The molecule has 5 N–H and O–H groups in total. The van der Waals surface area contributed by atoms with Gasteiger partial charge in [-0.15, -0.1) is 0 Å². The number of primary amides is 1. The Bertz CT molecular complexity index is 1010. The zero-order valence-electron chi connectivity index (χ0n) is 15.8. The van der Waals surface area contributed by atoms with E-state index >= 15 is 0 Å². The quantitative estimate of drug-likeness (QED) is 0.421. The number of nitrogens with one attached hydrogen (secondary N) is 3. The Kier molecular flexibility index (Phi) is 5.85. The van der Waals surface area contributed by atoms with E-state index in [0.717, 1.165) is 16.6 Å². The van der Waals surface area contributed by atoms with Crippen LogP contribution in [0.5, 0.6) is 0 Å². The van der Waals surface area contributed by atoms with Crippen LogP contribution in [0.15, 0.2) is 36.7 Å². The first-order valence-electron chi connectivity index (χ1n) is 8.85. The van der Waals surface area contributed by atoms with Gasteiger partial charge in [-0.2, -0.15) is 4.98 Å². The molecule has 0 aliphatic heterocycles. The number of aryl methyl sites for hydroxylation is 1. The van der Waals surface area contributed by atoms with Gasteiger partial charge >= 0.3 is 0 Å². The Morgan fingerprint density at radius 2 is 2.18 bits per heavy atom. The molecule has 3 aromatic rings. The highest BCUT2D eigenvalue weighted by molar-refractivity contribution is 6.00. The Labute approximate surface area is 162 Å². The summed E-state index contributed by atoms with van der Waals surface area (Å²) < 4.78 is 7.21. The van der Waals surface area contributed by atoms with Gasteiger partial charge in [-0.25, -0.2) is 4.98 Å². The van der Waals surface area contributed by atoms with Gasteiger partial charge in [0.1, 0.15) is 11.4 Å².